The van der Waals surface area contributed by atoms with Crippen LogP contribution in [0.2, 0.25) is 0 Å². The summed E-state index contributed by atoms with van der Waals surface area (Å²) in [5, 5.41) is 3.02. The van der Waals surface area contributed by atoms with E-state index in [4.69, 9.17) is 13.8 Å². The molecule has 0 aromatic carbocycles. The maximum Gasteiger partial charge on any atom is 0.306 e. The van der Waals surface area contributed by atoms with Crippen LogP contribution >= 0.6 is 7.82 Å². The van der Waals surface area contributed by atoms with Crippen molar-refractivity contribution in [1.29, 1.82) is 0 Å². The van der Waals surface area contributed by atoms with Crippen LogP contribution < -0.4 is 10.2 Å². The molecule has 0 aromatic rings. The molecule has 0 heterocycles. The Balaban J connectivity index is 5.20. The van der Waals surface area contributed by atoms with Gasteiger partial charge in [0, 0.05) is 12.8 Å². The highest BCUT2D eigenvalue weighted by atomic mass is 31.2. The molecule has 0 aliphatic rings. The van der Waals surface area contributed by atoms with Crippen LogP contribution in [-0.2, 0) is 27.9 Å². The van der Waals surface area contributed by atoms with Gasteiger partial charge in [-0.05, 0) is 122 Å². The maximum absolute atomic E-state index is 13.6. The first-order chi connectivity index (χ1) is 39.4. The first-order valence-electron chi connectivity index (χ1n) is 32.5. The summed E-state index contributed by atoms with van der Waals surface area (Å²) in [6, 6.07) is -0.915. The molecule has 1 amide bonds. The van der Waals surface area contributed by atoms with Crippen LogP contribution in [0.15, 0.2) is 134 Å². The smallest absolute Gasteiger partial charge is 0.306 e. The zero-order chi connectivity index (χ0) is 59.3. The minimum Gasteiger partial charge on any atom is -0.756 e. The number of hydrogen-bond acceptors (Lipinski definition) is 7. The fourth-order valence-electron chi connectivity index (χ4n) is 8.63. The fraction of sp³-hybridized carbons (Fsp3) is 0.662. The van der Waals surface area contributed by atoms with E-state index < -0.39 is 26.6 Å². The standard InChI is InChI=1S/C71H121N2O7P/c1-7-10-13-16-19-22-25-27-29-31-33-34-35-36-37-38-40-41-43-45-48-51-54-57-60-63-70(74)72-68(67-79-81(76,77)78-66-65-73(4,5)6)69(62-59-56-53-50-47-24-21-18-15-12-9-3)80-71(75)64-61-58-55-52-49-46-44-42-39-32-30-28-26-23-20-17-14-11-8-2/h10-11,13-14,19-20,22-23,27-30,33-34,36-37,39,42,46,49,59,62,68-69H,7-9,12,15-18,21,24-26,31-32,35,38,40-41,43-45,47-48,50-58,60-61,63-67H2,1-6H3,(H-,72,74,76,77)/b13-10-,14-11-,22-19-,23-20-,29-27-,30-28-,34-33-,37-36-,42-39-,49-46-,62-59-. The normalized spacial score (nSPS) is 14.5. The van der Waals surface area contributed by atoms with Crippen LogP contribution in [0.1, 0.15) is 252 Å². The van der Waals surface area contributed by atoms with E-state index in [0.717, 1.165) is 135 Å². The van der Waals surface area contributed by atoms with Gasteiger partial charge in [-0.3, -0.25) is 14.2 Å². The zero-order valence-corrected chi connectivity index (χ0v) is 53.6. The van der Waals surface area contributed by atoms with E-state index in [0.29, 0.717) is 23.9 Å². The van der Waals surface area contributed by atoms with Crippen LogP contribution in [0.25, 0.3) is 0 Å². The Labute approximate surface area is 498 Å². The molecule has 0 radical (unpaired) electrons. The van der Waals surface area contributed by atoms with E-state index in [1.807, 2.05) is 33.3 Å². The molecule has 3 atom stereocenters. The van der Waals surface area contributed by atoms with Crippen molar-refractivity contribution in [2.24, 2.45) is 0 Å². The number of phosphoric ester groups is 1. The number of nitrogens with one attached hydrogen (secondary N) is 1. The summed E-state index contributed by atoms with van der Waals surface area (Å²) in [4.78, 5) is 40.0. The van der Waals surface area contributed by atoms with Crippen LogP contribution in [-0.4, -0.2) is 69.4 Å². The summed E-state index contributed by atoms with van der Waals surface area (Å²) < 4.78 is 30.3. The van der Waals surface area contributed by atoms with Gasteiger partial charge in [0.15, 0.2) is 0 Å². The lowest BCUT2D eigenvalue weighted by molar-refractivity contribution is -0.870. The molecule has 0 spiro atoms. The lowest BCUT2D eigenvalue weighted by Gasteiger charge is -2.30. The van der Waals surface area contributed by atoms with Gasteiger partial charge in [-0.1, -0.05) is 251 Å². The van der Waals surface area contributed by atoms with Gasteiger partial charge in [-0.2, -0.15) is 0 Å². The van der Waals surface area contributed by atoms with Gasteiger partial charge in [0.25, 0.3) is 7.82 Å². The number of phosphoric acid groups is 1. The lowest BCUT2D eigenvalue weighted by atomic mass is 10.0. The summed E-state index contributed by atoms with van der Waals surface area (Å²) in [7, 11) is 1.14. The SMILES string of the molecule is CC/C=C\C/C=C\C/C=C\C/C=C\C/C=C\CCCCCCCCCCCC(=O)NC(COP(=O)([O-])OCC[N+](C)(C)C)C(/C=C\CCCCCCCCCCC)OC(=O)CCCCC/C=C\C/C=C\C/C=C\C/C=C\C/C=C\CC. The topological polar surface area (TPSA) is 114 Å². The third kappa shape index (κ3) is 60.6. The predicted molar refractivity (Wildman–Crippen MR) is 348 cm³/mol. The molecule has 0 aliphatic heterocycles. The number of unbranched alkanes of at least 4 members (excludes halogenated alkanes) is 21. The van der Waals surface area contributed by atoms with Crippen LogP contribution in [0.3, 0.4) is 0 Å². The average molecular weight is 1150 g/mol. The molecular weight excluding hydrogens is 1020 g/mol. The quantitative estimate of drug-likeness (QED) is 0.0212. The number of esters is 1. The van der Waals surface area contributed by atoms with E-state index in [9.17, 15) is 19.0 Å². The Kier molecular flexibility index (Phi) is 56.5. The first-order valence-corrected chi connectivity index (χ1v) is 34.0. The predicted octanol–water partition coefficient (Wildman–Crippen LogP) is 19.8. The third-order valence-electron chi connectivity index (χ3n) is 13.6. The highest BCUT2D eigenvalue weighted by Crippen LogP contribution is 2.38. The first kappa shape index (κ1) is 77.2. The molecule has 1 N–H and O–H groups in total. The Bertz CT molecular complexity index is 1850. The van der Waals surface area contributed by atoms with E-state index in [-0.39, 0.29) is 24.9 Å². The highest BCUT2D eigenvalue weighted by Gasteiger charge is 2.27. The minimum atomic E-state index is -4.72. The van der Waals surface area contributed by atoms with E-state index >= 15 is 0 Å². The van der Waals surface area contributed by atoms with Crippen molar-refractivity contribution < 1.29 is 37.3 Å². The third-order valence-corrected chi connectivity index (χ3v) is 14.5. The Morgan fingerprint density at radius 1 is 0.444 bits per heavy atom. The monoisotopic (exact) mass is 1140 g/mol. The molecule has 10 heteroatoms. The summed E-state index contributed by atoms with van der Waals surface area (Å²) in [6.07, 6.45) is 84.2. The largest absolute Gasteiger partial charge is 0.756 e. The number of allylic oxidation sites excluding steroid dienone is 21. The molecule has 0 aliphatic carbocycles. The molecule has 9 nitrogen and oxygen atoms in total. The number of carbonyl (C=O) groups excluding carboxylic acids is 2. The number of nitrogens with zero attached hydrogens (tertiary/aromatic N) is 1. The van der Waals surface area contributed by atoms with Gasteiger partial charge in [0.2, 0.25) is 5.91 Å². The number of ether oxygens (including phenoxy) is 1. The van der Waals surface area contributed by atoms with Crippen molar-refractivity contribution in [1.82, 2.24) is 5.32 Å². The minimum absolute atomic E-state index is 0.0365. The second-order valence-electron chi connectivity index (χ2n) is 22.5. The second kappa shape index (κ2) is 59.3. The van der Waals surface area contributed by atoms with Crippen molar-refractivity contribution in [3.63, 3.8) is 0 Å². The molecule has 0 saturated heterocycles. The summed E-state index contributed by atoms with van der Waals surface area (Å²) in [5.41, 5.74) is 0. The van der Waals surface area contributed by atoms with E-state index in [1.165, 1.54) is 77.0 Å². The van der Waals surface area contributed by atoms with Crippen molar-refractivity contribution >= 4 is 19.7 Å². The molecule has 0 saturated carbocycles. The van der Waals surface area contributed by atoms with Crippen molar-refractivity contribution in [2.45, 2.75) is 264 Å². The number of likely N-dealkylation sites (N-methyl/N-ethyl adjacent to an activating group) is 1. The van der Waals surface area contributed by atoms with Gasteiger partial charge in [-0.15, -0.1) is 0 Å². The molecule has 0 aromatic heterocycles. The highest BCUT2D eigenvalue weighted by molar-refractivity contribution is 7.45. The number of rotatable bonds is 57. The average Bonchev–Trinajstić information content (AvgIpc) is 3.44. The number of quaternary nitrogens is 1. The number of amides is 1. The summed E-state index contributed by atoms with van der Waals surface area (Å²) in [5.74, 6) is -0.595. The fourth-order valence-corrected chi connectivity index (χ4v) is 9.36. The Hall–Kier alpha value is -3.85. The van der Waals surface area contributed by atoms with Crippen LogP contribution in [0, 0.1) is 0 Å². The molecule has 0 bridgehead atoms. The zero-order valence-electron chi connectivity index (χ0n) is 52.7. The Morgan fingerprint density at radius 2 is 0.790 bits per heavy atom. The van der Waals surface area contributed by atoms with Crippen molar-refractivity contribution in [2.75, 3.05) is 40.9 Å². The molecule has 3 unspecified atom stereocenters. The van der Waals surface area contributed by atoms with E-state index in [1.54, 1.807) is 0 Å². The summed E-state index contributed by atoms with van der Waals surface area (Å²) >= 11 is 0. The van der Waals surface area contributed by atoms with Gasteiger partial charge in [0.1, 0.15) is 19.3 Å². The Morgan fingerprint density at radius 3 is 1.20 bits per heavy atom. The molecule has 81 heavy (non-hydrogen) atoms. The van der Waals surface area contributed by atoms with E-state index in [2.05, 4.69) is 148 Å². The molecule has 462 valence electrons. The van der Waals surface area contributed by atoms with Crippen LogP contribution in [0.5, 0.6) is 0 Å². The van der Waals surface area contributed by atoms with Gasteiger partial charge < -0.3 is 28.5 Å². The molecule has 0 fully saturated rings. The lowest BCUT2D eigenvalue weighted by Crippen LogP contribution is -2.47. The van der Waals surface area contributed by atoms with Crippen molar-refractivity contribution in [3.8, 4) is 0 Å². The summed E-state index contributed by atoms with van der Waals surface area (Å²) in [6.45, 7) is 6.57. The number of carbonyl (C=O) groups is 2. The molecular formula is C71H121N2O7P. The number of hydrogen-bond donors (Lipinski definition) is 1. The second-order valence-corrected chi connectivity index (χ2v) is 23.9. The van der Waals surface area contributed by atoms with Gasteiger partial charge >= 0.3 is 5.97 Å². The molecule has 0 rings (SSSR count). The van der Waals surface area contributed by atoms with Crippen LogP contribution in [0.4, 0.5) is 0 Å². The van der Waals surface area contributed by atoms with Gasteiger partial charge in [0.05, 0.1) is 33.8 Å². The van der Waals surface area contributed by atoms with Gasteiger partial charge in [-0.25, -0.2) is 0 Å². The van der Waals surface area contributed by atoms with Crippen molar-refractivity contribution in [3.05, 3.63) is 134 Å². The maximum atomic E-state index is 13.6.